The summed E-state index contributed by atoms with van der Waals surface area (Å²) in [6.45, 7) is 0. The Morgan fingerprint density at radius 3 is 1.46 bits per heavy atom. The summed E-state index contributed by atoms with van der Waals surface area (Å²) in [5.74, 6) is -1.23. The van der Waals surface area contributed by atoms with Crippen LogP contribution in [0.1, 0.15) is 11.1 Å². The van der Waals surface area contributed by atoms with Crippen molar-refractivity contribution < 1.29 is 9.59 Å². The number of carbonyl (C=O) groups excluding carboxylic acids is 2. The fourth-order valence-electron chi connectivity index (χ4n) is 6.34. The summed E-state index contributed by atoms with van der Waals surface area (Å²) >= 11 is 0. The second kappa shape index (κ2) is 9.44. The quantitative estimate of drug-likeness (QED) is 0.159. The Bertz CT molecular complexity index is 1570. The van der Waals surface area contributed by atoms with E-state index in [4.69, 9.17) is 0 Å². The van der Waals surface area contributed by atoms with Crippen LogP contribution in [0.4, 0.5) is 17.1 Å². The molecular weight excluding hydrogens is 482 g/mol. The molecule has 0 spiro atoms. The molecule has 2 amide bonds. The molecule has 1 saturated heterocycles. The molecule has 0 aromatic heterocycles. The molecule has 4 aromatic carbocycles. The van der Waals surface area contributed by atoms with Crippen LogP contribution in [0, 0.1) is 23.7 Å². The first-order valence-electron chi connectivity index (χ1n) is 13.2. The van der Waals surface area contributed by atoms with Crippen LogP contribution in [0.2, 0.25) is 0 Å². The predicted molar refractivity (Wildman–Crippen MR) is 152 cm³/mol. The van der Waals surface area contributed by atoms with E-state index in [1.54, 1.807) is 24.3 Å². The van der Waals surface area contributed by atoms with Gasteiger partial charge >= 0.3 is 0 Å². The van der Waals surface area contributed by atoms with Crippen LogP contribution in [0.15, 0.2) is 143 Å². The summed E-state index contributed by atoms with van der Waals surface area (Å²) in [5.41, 5.74) is 6.52. The van der Waals surface area contributed by atoms with Gasteiger partial charge in [-0.1, -0.05) is 91.0 Å². The Hall–Kier alpha value is -4.90. The predicted octanol–water partition coefficient (Wildman–Crippen LogP) is 7.53. The van der Waals surface area contributed by atoms with Gasteiger partial charge in [0.15, 0.2) is 0 Å². The van der Waals surface area contributed by atoms with Gasteiger partial charge in [0.05, 0.1) is 28.9 Å². The van der Waals surface area contributed by atoms with Crippen molar-refractivity contribution >= 4 is 34.4 Å². The summed E-state index contributed by atoms with van der Waals surface area (Å²) in [6.07, 6.45) is 4.27. The molecule has 1 saturated carbocycles. The van der Waals surface area contributed by atoms with E-state index in [1.807, 2.05) is 66.7 Å². The zero-order valence-corrected chi connectivity index (χ0v) is 21.1. The molecule has 2 bridgehead atoms. The van der Waals surface area contributed by atoms with Gasteiger partial charge in [-0.15, -0.1) is 0 Å². The van der Waals surface area contributed by atoms with Crippen LogP contribution in [-0.2, 0) is 9.59 Å². The number of carbonyl (C=O) groups is 2. The number of hydrogen-bond donors (Lipinski definition) is 0. The first kappa shape index (κ1) is 23.2. The molecule has 1 aliphatic heterocycles. The topological polar surface area (TPSA) is 62.1 Å². The number of nitrogens with zero attached hydrogens (tertiary/aromatic N) is 3. The third-order valence-corrected chi connectivity index (χ3v) is 7.97. The Morgan fingerprint density at radius 1 is 0.538 bits per heavy atom. The van der Waals surface area contributed by atoms with Gasteiger partial charge in [0.2, 0.25) is 11.8 Å². The van der Waals surface area contributed by atoms with E-state index in [0.29, 0.717) is 11.4 Å². The number of allylic oxidation sites excluding steroid dienone is 3. The van der Waals surface area contributed by atoms with Gasteiger partial charge in [-0.2, -0.15) is 10.2 Å². The maximum atomic E-state index is 13.8. The SMILES string of the molecule is O=C1[C@@H]2[C@@H](C(=O)N1c1ccc(N=Nc3ccccc3)cc1)[C@H]1C=C[C@H]2C1=C(c1ccccc1)c1ccccc1. The van der Waals surface area contributed by atoms with Crippen molar-refractivity contribution in [3.05, 3.63) is 144 Å². The first-order chi connectivity index (χ1) is 19.2. The highest BCUT2D eigenvalue weighted by atomic mass is 16.2. The van der Waals surface area contributed by atoms with Gasteiger partial charge in [0.25, 0.3) is 0 Å². The summed E-state index contributed by atoms with van der Waals surface area (Å²) in [7, 11) is 0. The smallest absolute Gasteiger partial charge is 0.238 e. The molecular formula is C34H25N3O2. The van der Waals surface area contributed by atoms with Crippen molar-refractivity contribution in [1.82, 2.24) is 0 Å². The monoisotopic (exact) mass is 507 g/mol. The van der Waals surface area contributed by atoms with Crippen molar-refractivity contribution in [2.45, 2.75) is 0 Å². The summed E-state index contributed by atoms with van der Waals surface area (Å²) in [4.78, 5) is 29.0. The molecule has 2 fully saturated rings. The number of anilines is 1. The van der Waals surface area contributed by atoms with Crippen LogP contribution < -0.4 is 4.90 Å². The molecule has 1 heterocycles. The molecule has 7 rings (SSSR count). The second-order valence-electron chi connectivity index (χ2n) is 10.1. The molecule has 4 aromatic rings. The van der Waals surface area contributed by atoms with E-state index < -0.39 is 0 Å². The molecule has 5 nitrogen and oxygen atoms in total. The molecule has 4 atom stereocenters. The number of fused-ring (bicyclic) bond motifs is 5. The standard InChI is InChI=1S/C34H25N3O2/c38-33-31-27-20-21-28(30(27)29(22-10-4-1-5-11-22)23-12-6-2-7-13-23)32(31)34(39)37(33)26-18-16-25(17-19-26)36-35-24-14-8-3-9-15-24/h1-21,27-28,31-32H/t27-,28-,31-,32-/m0/s1. The molecule has 3 aliphatic rings. The number of rotatable bonds is 5. The summed E-state index contributed by atoms with van der Waals surface area (Å²) in [5, 5.41) is 8.53. The van der Waals surface area contributed by atoms with Crippen LogP contribution in [-0.4, -0.2) is 11.8 Å². The zero-order chi connectivity index (χ0) is 26.3. The number of benzene rings is 4. The number of azo groups is 1. The van der Waals surface area contributed by atoms with Gasteiger partial charge in [0, 0.05) is 11.8 Å². The highest BCUT2D eigenvalue weighted by Crippen LogP contribution is 2.58. The maximum Gasteiger partial charge on any atom is 0.238 e. The van der Waals surface area contributed by atoms with Crippen molar-refractivity contribution in [2.24, 2.45) is 33.9 Å². The van der Waals surface area contributed by atoms with Gasteiger partial charge < -0.3 is 0 Å². The van der Waals surface area contributed by atoms with Crippen molar-refractivity contribution in [3.63, 3.8) is 0 Å². The van der Waals surface area contributed by atoms with Gasteiger partial charge in [-0.25, -0.2) is 4.90 Å². The van der Waals surface area contributed by atoms with Gasteiger partial charge in [0.1, 0.15) is 0 Å². The lowest BCUT2D eigenvalue weighted by Crippen LogP contribution is -2.33. The van der Waals surface area contributed by atoms with Crippen LogP contribution in [0.5, 0.6) is 0 Å². The minimum absolute atomic E-state index is 0.101. The Balaban J connectivity index is 1.21. The Morgan fingerprint density at radius 2 is 0.974 bits per heavy atom. The van der Waals surface area contributed by atoms with Crippen LogP contribution in [0.25, 0.3) is 5.57 Å². The van der Waals surface area contributed by atoms with E-state index >= 15 is 0 Å². The maximum absolute atomic E-state index is 13.8. The highest BCUT2D eigenvalue weighted by Gasteiger charge is 2.62. The van der Waals surface area contributed by atoms with Crippen molar-refractivity contribution in [3.8, 4) is 0 Å². The zero-order valence-electron chi connectivity index (χ0n) is 21.1. The lowest BCUT2D eigenvalue weighted by atomic mass is 9.85. The third-order valence-electron chi connectivity index (χ3n) is 7.97. The average Bonchev–Trinajstić information content (AvgIpc) is 3.63. The highest BCUT2D eigenvalue weighted by molar-refractivity contribution is 6.23. The van der Waals surface area contributed by atoms with E-state index in [1.165, 1.54) is 10.5 Å². The molecule has 0 unspecified atom stereocenters. The summed E-state index contributed by atoms with van der Waals surface area (Å²) in [6, 6.07) is 37.2. The van der Waals surface area contributed by atoms with Crippen LogP contribution in [0.3, 0.4) is 0 Å². The molecule has 188 valence electrons. The number of amides is 2. The van der Waals surface area contributed by atoms with E-state index in [-0.39, 0.29) is 35.5 Å². The van der Waals surface area contributed by atoms with E-state index in [0.717, 1.165) is 22.4 Å². The fourth-order valence-corrected chi connectivity index (χ4v) is 6.34. The minimum atomic E-state index is -0.387. The lowest BCUT2D eigenvalue weighted by Gasteiger charge is -2.21. The average molecular weight is 508 g/mol. The Kier molecular flexibility index (Phi) is 5.63. The van der Waals surface area contributed by atoms with Crippen LogP contribution >= 0.6 is 0 Å². The number of imide groups is 1. The number of hydrogen-bond acceptors (Lipinski definition) is 4. The van der Waals surface area contributed by atoms with Gasteiger partial charge in [-0.05, 0) is 58.7 Å². The fraction of sp³-hybridized carbons (Fsp3) is 0.118. The third kappa shape index (κ3) is 3.86. The van der Waals surface area contributed by atoms with Crippen molar-refractivity contribution in [2.75, 3.05) is 4.90 Å². The van der Waals surface area contributed by atoms with Gasteiger partial charge in [-0.3, -0.25) is 9.59 Å². The minimum Gasteiger partial charge on any atom is -0.274 e. The van der Waals surface area contributed by atoms with Crippen molar-refractivity contribution in [1.29, 1.82) is 0 Å². The molecule has 0 N–H and O–H groups in total. The summed E-state index contributed by atoms with van der Waals surface area (Å²) < 4.78 is 0. The lowest BCUT2D eigenvalue weighted by molar-refractivity contribution is -0.122. The second-order valence-corrected chi connectivity index (χ2v) is 10.1. The molecule has 0 radical (unpaired) electrons. The van der Waals surface area contributed by atoms with E-state index in [9.17, 15) is 9.59 Å². The van der Waals surface area contributed by atoms with E-state index in [2.05, 4.69) is 46.6 Å². The normalized spacial score (nSPS) is 23.2. The Labute approximate surface area is 226 Å². The largest absolute Gasteiger partial charge is 0.274 e. The molecule has 5 heteroatoms. The molecule has 39 heavy (non-hydrogen) atoms. The molecule has 2 aliphatic carbocycles. The first-order valence-corrected chi connectivity index (χ1v) is 13.2.